The monoisotopic (exact) mass is 216 g/mol. The highest BCUT2D eigenvalue weighted by Crippen LogP contribution is 2.14. The molecule has 16 heavy (non-hydrogen) atoms. The molecule has 0 heterocycles. The van der Waals surface area contributed by atoms with Crippen LogP contribution in [0.1, 0.15) is 26.3 Å². The van der Waals surface area contributed by atoms with Crippen LogP contribution < -0.4 is 5.32 Å². The molecule has 0 aromatic heterocycles. The molecular weight excluding hydrogens is 200 g/mol. The topological polar surface area (TPSA) is 52.9 Å². The van der Waals surface area contributed by atoms with Crippen LogP contribution in [0.2, 0.25) is 0 Å². The first kappa shape index (κ1) is 12.3. The van der Waals surface area contributed by atoms with Gasteiger partial charge in [0.05, 0.1) is 11.6 Å². The van der Waals surface area contributed by atoms with Gasteiger partial charge in [0, 0.05) is 11.6 Å². The molecule has 1 N–H and O–H groups in total. The number of hydrogen-bond acceptors (Lipinski definition) is 2. The molecule has 0 aliphatic carbocycles. The predicted octanol–water partition coefficient (Wildman–Crippen LogP) is 2.79. The Balaban J connectivity index is 2.67. The highest BCUT2D eigenvalue weighted by atomic mass is 16.1. The van der Waals surface area contributed by atoms with E-state index >= 15 is 0 Å². The summed E-state index contributed by atoms with van der Waals surface area (Å²) < 4.78 is 0. The summed E-state index contributed by atoms with van der Waals surface area (Å²) in [5, 5.41) is 11.5. The van der Waals surface area contributed by atoms with Crippen molar-refractivity contribution < 1.29 is 4.79 Å². The Hall–Kier alpha value is -1.82. The van der Waals surface area contributed by atoms with E-state index in [4.69, 9.17) is 5.26 Å². The number of rotatable bonds is 3. The van der Waals surface area contributed by atoms with E-state index in [1.54, 1.807) is 24.3 Å². The van der Waals surface area contributed by atoms with Crippen LogP contribution in [0.3, 0.4) is 0 Å². The molecule has 0 spiro atoms. The van der Waals surface area contributed by atoms with E-state index in [0.29, 0.717) is 11.5 Å². The summed E-state index contributed by atoms with van der Waals surface area (Å²) in [5.41, 5.74) is 1.33. The van der Waals surface area contributed by atoms with Gasteiger partial charge in [-0.25, -0.2) is 0 Å². The van der Waals surface area contributed by atoms with Gasteiger partial charge in [-0.05, 0) is 30.2 Å². The van der Waals surface area contributed by atoms with E-state index in [-0.39, 0.29) is 11.8 Å². The fraction of sp³-hybridized carbons (Fsp3) is 0.385. The van der Waals surface area contributed by atoms with E-state index in [2.05, 4.69) is 5.32 Å². The Morgan fingerprint density at radius 2 is 1.81 bits per heavy atom. The Morgan fingerprint density at radius 1 is 1.25 bits per heavy atom. The van der Waals surface area contributed by atoms with E-state index in [1.807, 2.05) is 26.8 Å². The van der Waals surface area contributed by atoms with Gasteiger partial charge < -0.3 is 5.32 Å². The highest BCUT2D eigenvalue weighted by Gasteiger charge is 2.16. The predicted molar refractivity (Wildman–Crippen MR) is 63.8 cm³/mol. The number of nitrogens with zero attached hydrogens (tertiary/aromatic N) is 1. The summed E-state index contributed by atoms with van der Waals surface area (Å²) in [7, 11) is 0. The molecule has 0 radical (unpaired) electrons. The molecule has 1 amide bonds. The van der Waals surface area contributed by atoms with Gasteiger partial charge in [0.1, 0.15) is 0 Å². The first-order chi connectivity index (χ1) is 7.54. The van der Waals surface area contributed by atoms with E-state index in [9.17, 15) is 4.79 Å². The summed E-state index contributed by atoms with van der Waals surface area (Å²) >= 11 is 0. The molecular formula is C13H16N2O. The van der Waals surface area contributed by atoms with E-state index in [0.717, 1.165) is 5.69 Å². The largest absolute Gasteiger partial charge is 0.326 e. The third-order valence-electron chi connectivity index (χ3n) is 2.70. The van der Waals surface area contributed by atoms with Crippen LogP contribution in [-0.2, 0) is 4.79 Å². The van der Waals surface area contributed by atoms with Gasteiger partial charge in [-0.1, -0.05) is 20.8 Å². The SMILES string of the molecule is CC(C)C(C)C(=O)Nc1ccc(C#N)cc1. The molecule has 0 aliphatic heterocycles. The fourth-order valence-electron chi connectivity index (χ4n) is 1.19. The number of nitriles is 1. The van der Waals surface area contributed by atoms with Crippen molar-refractivity contribution in [2.24, 2.45) is 11.8 Å². The number of carbonyl (C=O) groups excluding carboxylic acids is 1. The lowest BCUT2D eigenvalue weighted by Gasteiger charge is -2.15. The number of hydrogen-bond donors (Lipinski definition) is 1. The minimum atomic E-state index is -0.0179. The molecule has 1 unspecified atom stereocenters. The molecule has 0 aliphatic rings. The summed E-state index contributed by atoms with van der Waals surface area (Å²) in [4.78, 5) is 11.7. The maximum atomic E-state index is 11.7. The molecule has 0 saturated heterocycles. The zero-order chi connectivity index (χ0) is 12.1. The summed E-state index contributed by atoms with van der Waals surface area (Å²) in [5.74, 6) is 0.314. The summed E-state index contributed by atoms with van der Waals surface area (Å²) in [6.07, 6.45) is 0. The van der Waals surface area contributed by atoms with Crippen molar-refractivity contribution in [2.45, 2.75) is 20.8 Å². The minimum Gasteiger partial charge on any atom is -0.326 e. The molecule has 3 nitrogen and oxygen atoms in total. The van der Waals surface area contributed by atoms with Crippen LogP contribution in [0.4, 0.5) is 5.69 Å². The van der Waals surface area contributed by atoms with E-state index < -0.39 is 0 Å². The molecule has 1 aromatic carbocycles. The Labute approximate surface area is 96.1 Å². The van der Waals surface area contributed by atoms with Crippen LogP contribution in [0.25, 0.3) is 0 Å². The van der Waals surface area contributed by atoms with Crippen molar-refractivity contribution in [1.29, 1.82) is 5.26 Å². The lowest BCUT2D eigenvalue weighted by atomic mass is 9.97. The van der Waals surface area contributed by atoms with Crippen molar-refractivity contribution in [3.63, 3.8) is 0 Å². The second-order valence-corrected chi connectivity index (χ2v) is 4.21. The first-order valence-electron chi connectivity index (χ1n) is 5.35. The quantitative estimate of drug-likeness (QED) is 0.844. The lowest BCUT2D eigenvalue weighted by Crippen LogP contribution is -2.24. The molecule has 1 atom stereocenters. The van der Waals surface area contributed by atoms with Crippen molar-refractivity contribution in [3.8, 4) is 6.07 Å². The van der Waals surface area contributed by atoms with Gasteiger partial charge in [-0.3, -0.25) is 4.79 Å². The molecule has 0 saturated carbocycles. The smallest absolute Gasteiger partial charge is 0.227 e. The number of nitrogens with one attached hydrogen (secondary N) is 1. The molecule has 3 heteroatoms. The maximum Gasteiger partial charge on any atom is 0.227 e. The molecule has 84 valence electrons. The summed E-state index contributed by atoms with van der Waals surface area (Å²) in [6, 6.07) is 8.90. The Bertz CT molecular complexity index is 401. The van der Waals surface area contributed by atoms with Gasteiger partial charge in [0.2, 0.25) is 5.91 Å². The molecule has 1 rings (SSSR count). The van der Waals surface area contributed by atoms with Crippen LogP contribution in [0.5, 0.6) is 0 Å². The Morgan fingerprint density at radius 3 is 2.25 bits per heavy atom. The highest BCUT2D eigenvalue weighted by molar-refractivity contribution is 5.92. The molecule has 0 fully saturated rings. The van der Waals surface area contributed by atoms with Gasteiger partial charge >= 0.3 is 0 Å². The number of carbonyl (C=O) groups is 1. The normalized spacial score (nSPS) is 11.9. The first-order valence-corrected chi connectivity index (χ1v) is 5.35. The van der Waals surface area contributed by atoms with Crippen LogP contribution >= 0.6 is 0 Å². The summed E-state index contributed by atoms with van der Waals surface area (Å²) in [6.45, 7) is 5.94. The van der Waals surface area contributed by atoms with Gasteiger partial charge in [-0.2, -0.15) is 5.26 Å². The van der Waals surface area contributed by atoms with Crippen molar-refractivity contribution in [3.05, 3.63) is 29.8 Å². The van der Waals surface area contributed by atoms with E-state index in [1.165, 1.54) is 0 Å². The van der Waals surface area contributed by atoms with Gasteiger partial charge in [0.25, 0.3) is 0 Å². The number of amides is 1. The lowest BCUT2D eigenvalue weighted by molar-refractivity contribution is -0.120. The fourth-order valence-corrected chi connectivity index (χ4v) is 1.19. The zero-order valence-corrected chi connectivity index (χ0v) is 9.82. The third-order valence-corrected chi connectivity index (χ3v) is 2.70. The van der Waals surface area contributed by atoms with Gasteiger partial charge in [-0.15, -0.1) is 0 Å². The molecule has 1 aromatic rings. The van der Waals surface area contributed by atoms with Crippen LogP contribution in [0.15, 0.2) is 24.3 Å². The van der Waals surface area contributed by atoms with Gasteiger partial charge in [0.15, 0.2) is 0 Å². The average molecular weight is 216 g/mol. The van der Waals surface area contributed by atoms with Crippen molar-refractivity contribution >= 4 is 11.6 Å². The standard InChI is InChI=1S/C13H16N2O/c1-9(2)10(3)13(16)15-12-6-4-11(8-14)5-7-12/h4-7,9-10H,1-3H3,(H,15,16). The van der Waals surface area contributed by atoms with Crippen LogP contribution in [-0.4, -0.2) is 5.91 Å². The Kier molecular flexibility index (Phi) is 4.07. The van der Waals surface area contributed by atoms with Crippen LogP contribution in [0, 0.1) is 23.2 Å². The average Bonchev–Trinajstić information content (AvgIpc) is 2.28. The third kappa shape index (κ3) is 3.09. The number of anilines is 1. The second kappa shape index (κ2) is 5.32. The number of benzene rings is 1. The van der Waals surface area contributed by atoms with Crippen molar-refractivity contribution in [2.75, 3.05) is 5.32 Å². The molecule has 0 bridgehead atoms. The van der Waals surface area contributed by atoms with Crippen molar-refractivity contribution in [1.82, 2.24) is 0 Å². The maximum absolute atomic E-state index is 11.7. The minimum absolute atomic E-state index is 0.0136. The second-order valence-electron chi connectivity index (χ2n) is 4.21. The zero-order valence-electron chi connectivity index (χ0n) is 9.82.